The first-order valence-corrected chi connectivity index (χ1v) is 13.1. The maximum atomic E-state index is 13.3. The number of amides is 1. The van der Waals surface area contributed by atoms with Crippen molar-refractivity contribution in [1.82, 2.24) is 10.2 Å². The smallest absolute Gasteiger partial charge is 0.285 e. The maximum Gasteiger partial charge on any atom is 0.285 e. The Bertz CT molecular complexity index is 1350. The third kappa shape index (κ3) is 4.66. The van der Waals surface area contributed by atoms with Gasteiger partial charge in [0.1, 0.15) is 10.6 Å². The van der Waals surface area contributed by atoms with E-state index in [0.29, 0.717) is 37.3 Å². The van der Waals surface area contributed by atoms with Gasteiger partial charge in [-0.1, -0.05) is 54.6 Å². The van der Waals surface area contributed by atoms with Crippen molar-refractivity contribution in [3.63, 3.8) is 0 Å². The summed E-state index contributed by atoms with van der Waals surface area (Å²) in [6.07, 6.45) is 1.24. The van der Waals surface area contributed by atoms with E-state index in [2.05, 4.69) is 9.71 Å². The molecule has 180 valence electrons. The summed E-state index contributed by atoms with van der Waals surface area (Å²) in [7, 11) is -2.03. The summed E-state index contributed by atoms with van der Waals surface area (Å²) in [5.74, 6) is 1.08. The molecule has 1 saturated heterocycles. The summed E-state index contributed by atoms with van der Waals surface area (Å²) >= 11 is 0. The number of hydrogen-bond acceptors (Lipinski definition) is 5. The Labute approximate surface area is 205 Å². The van der Waals surface area contributed by atoms with Crippen LogP contribution in [0, 0.1) is 5.92 Å². The van der Waals surface area contributed by atoms with Gasteiger partial charge < -0.3 is 15.0 Å². The van der Waals surface area contributed by atoms with Crippen molar-refractivity contribution in [2.45, 2.75) is 23.8 Å². The molecule has 2 aliphatic rings. The van der Waals surface area contributed by atoms with Crippen molar-refractivity contribution >= 4 is 21.8 Å². The van der Waals surface area contributed by atoms with E-state index < -0.39 is 10.0 Å². The minimum absolute atomic E-state index is 0.00398. The summed E-state index contributed by atoms with van der Waals surface area (Å²) in [6, 6.07) is 24.2. The molecule has 3 aromatic rings. The van der Waals surface area contributed by atoms with Crippen LogP contribution in [0.4, 0.5) is 0 Å². The molecule has 0 spiro atoms. The molecule has 2 aliphatic heterocycles. The fraction of sp³-hybridized carbons (Fsp3) is 0.259. The summed E-state index contributed by atoms with van der Waals surface area (Å²) in [5, 5.41) is 3.25. The number of hydrogen-bond donors (Lipinski definition) is 1. The monoisotopic (exact) mass is 489 g/mol. The maximum absolute atomic E-state index is 13.3. The van der Waals surface area contributed by atoms with E-state index in [0.717, 1.165) is 16.9 Å². The highest BCUT2D eigenvalue weighted by Gasteiger charge is 2.35. The number of carbonyl (C=O) groups excluding carboxylic acids is 1. The highest BCUT2D eigenvalue weighted by Crippen LogP contribution is 2.30. The molecule has 1 fully saturated rings. The molecular weight excluding hydrogens is 462 g/mol. The van der Waals surface area contributed by atoms with Crippen molar-refractivity contribution in [3.05, 3.63) is 95.6 Å². The van der Waals surface area contributed by atoms with Gasteiger partial charge in [0.05, 0.1) is 13.2 Å². The second kappa shape index (κ2) is 9.54. The normalized spacial score (nSPS) is 17.9. The molecule has 2 heterocycles. The number of ether oxygens (including phenoxy) is 1. The van der Waals surface area contributed by atoms with Crippen LogP contribution >= 0.6 is 0 Å². The Morgan fingerprint density at radius 2 is 1.57 bits per heavy atom. The minimum atomic E-state index is -3.66. The van der Waals surface area contributed by atoms with Crippen molar-refractivity contribution in [2.75, 3.05) is 20.2 Å². The van der Waals surface area contributed by atoms with Crippen LogP contribution in [0.2, 0.25) is 0 Å². The number of rotatable bonds is 5. The fourth-order valence-corrected chi connectivity index (χ4v) is 5.96. The van der Waals surface area contributed by atoms with E-state index in [1.165, 1.54) is 0 Å². The van der Waals surface area contributed by atoms with Crippen molar-refractivity contribution in [3.8, 4) is 5.75 Å². The zero-order chi connectivity index (χ0) is 24.4. The van der Waals surface area contributed by atoms with Gasteiger partial charge in [0.15, 0.2) is 5.84 Å². The average Bonchev–Trinajstić information content (AvgIpc) is 3.18. The number of amidine groups is 1. The number of sulfonamides is 1. The molecule has 0 aromatic heterocycles. The van der Waals surface area contributed by atoms with Gasteiger partial charge in [-0.25, -0.2) is 0 Å². The average molecular weight is 490 g/mol. The quantitative estimate of drug-likeness (QED) is 0.590. The van der Waals surface area contributed by atoms with Gasteiger partial charge in [-0.05, 0) is 48.2 Å². The Morgan fingerprint density at radius 1 is 0.943 bits per heavy atom. The summed E-state index contributed by atoms with van der Waals surface area (Å²) in [6.45, 7) is 1.14. The van der Waals surface area contributed by atoms with Gasteiger partial charge in [-0.3, -0.25) is 4.79 Å². The Hall–Kier alpha value is -3.65. The summed E-state index contributed by atoms with van der Waals surface area (Å²) in [4.78, 5) is 15.6. The predicted molar refractivity (Wildman–Crippen MR) is 134 cm³/mol. The van der Waals surface area contributed by atoms with E-state index in [4.69, 9.17) is 4.74 Å². The van der Waals surface area contributed by atoms with Crippen LogP contribution in [0.15, 0.2) is 88.2 Å². The molecule has 1 atom stereocenters. The van der Waals surface area contributed by atoms with Crippen molar-refractivity contribution in [2.24, 2.45) is 10.3 Å². The molecule has 3 aromatic carbocycles. The molecule has 0 bridgehead atoms. The number of carbonyl (C=O) groups is 1. The highest BCUT2D eigenvalue weighted by atomic mass is 32.2. The lowest BCUT2D eigenvalue weighted by Crippen LogP contribution is -2.43. The molecule has 5 rings (SSSR count). The van der Waals surface area contributed by atoms with E-state index in [-0.39, 0.29) is 22.8 Å². The third-order valence-corrected chi connectivity index (χ3v) is 7.97. The zero-order valence-corrected chi connectivity index (χ0v) is 20.2. The number of nitrogens with zero attached hydrogens (tertiary/aromatic N) is 2. The standard InChI is InChI=1S/C27H27N3O4S/c1-34-22-13-11-20(12-14-22)25(19-7-3-2-4-8-19)28-27(31)21-15-17-30(18-16-21)26-23-9-5-6-10-24(23)35(32,33)29-26/h2-14,21,25H,15-18H2,1H3,(H,28,31). The molecule has 1 amide bonds. The first kappa shape index (κ1) is 23.1. The number of methoxy groups -OCH3 is 1. The predicted octanol–water partition coefficient (Wildman–Crippen LogP) is 3.76. The van der Waals surface area contributed by atoms with Gasteiger partial charge in [0.25, 0.3) is 10.0 Å². The molecule has 0 radical (unpaired) electrons. The molecular formula is C27H27N3O4S. The Kier molecular flexibility index (Phi) is 6.30. The molecule has 0 saturated carbocycles. The van der Waals surface area contributed by atoms with E-state index >= 15 is 0 Å². The van der Waals surface area contributed by atoms with Crippen molar-refractivity contribution < 1.29 is 17.9 Å². The Balaban J connectivity index is 1.29. The third-order valence-electron chi connectivity index (χ3n) is 6.65. The van der Waals surface area contributed by atoms with Crippen LogP contribution in [-0.2, 0) is 14.8 Å². The van der Waals surface area contributed by atoms with Crippen LogP contribution in [-0.4, -0.2) is 45.3 Å². The highest BCUT2D eigenvalue weighted by molar-refractivity contribution is 7.90. The first-order chi connectivity index (χ1) is 17.0. The topological polar surface area (TPSA) is 88.1 Å². The SMILES string of the molecule is COc1ccc(C(NC(=O)C2CCN(C3=NS(=O)(=O)c4ccccc43)CC2)c2ccccc2)cc1. The largest absolute Gasteiger partial charge is 0.497 e. The molecule has 0 aliphatic carbocycles. The van der Waals surface area contributed by atoms with Gasteiger partial charge in [0.2, 0.25) is 5.91 Å². The van der Waals surface area contributed by atoms with Crippen LogP contribution in [0.5, 0.6) is 5.75 Å². The van der Waals surface area contributed by atoms with Crippen LogP contribution < -0.4 is 10.1 Å². The van der Waals surface area contributed by atoms with Crippen LogP contribution in [0.1, 0.15) is 35.6 Å². The molecule has 8 heteroatoms. The van der Waals surface area contributed by atoms with Crippen molar-refractivity contribution in [1.29, 1.82) is 0 Å². The number of piperidine rings is 1. The Morgan fingerprint density at radius 3 is 2.26 bits per heavy atom. The molecule has 35 heavy (non-hydrogen) atoms. The van der Waals surface area contributed by atoms with E-state index in [1.807, 2.05) is 65.6 Å². The number of benzene rings is 3. The zero-order valence-electron chi connectivity index (χ0n) is 19.4. The lowest BCUT2D eigenvalue weighted by molar-refractivity contribution is -0.126. The molecule has 1 N–H and O–H groups in total. The van der Waals surface area contributed by atoms with Crippen LogP contribution in [0.3, 0.4) is 0 Å². The first-order valence-electron chi connectivity index (χ1n) is 11.6. The second-order valence-electron chi connectivity index (χ2n) is 8.77. The van der Waals surface area contributed by atoms with Gasteiger partial charge in [0, 0.05) is 24.6 Å². The van der Waals surface area contributed by atoms with E-state index in [9.17, 15) is 13.2 Å². The van der Waals surface area contributed by atoms with Gasteiger partial charge in [-0.2, -0.15) is 8.42 Å². The van der Waals surface area contributed by atoms with E-state index in [1.54, 1.807) is 25.3 Å². The van der Waals surface area contributed by atoms with Gasteiger partial charge in [-0.15, -0.1) is 4.40 Å². The molecule has 7 nitrogen and oxygen atoms in total. The number of likely N-dealkylation sites (tertiary alicyclic amines) is 1. The summed E-state index contributed by atoms with van der Waals surface area (Å²) < 4.78 is 34.2. The lowest BCUT2D eigenvalue weighted by atomic mass is 9.93. The van der Waals surface area contributed by atoms with Gasteiger partial charge >= 0.3 is 0 Å². The van der Waals surface area contributed by atoms with Crippen LogP contribution in [0.25, 0.3) is 0 Å². The second-order valence-corrected chi connectivity index (χ2v) is 10.3. The molecule has 1 unspecified atom stereocenters. The minimum Gasteiger partial charge on any atom is -0.497 e. The lowest BCUT2D eigenvalue weighted by Gasteiger charge is -2.33. The number of fused-ring (bicyclic) bond motifs is 1. The fourth-order valence-electron chi connectivity index (χ4n) is 4.73. The summed E-state index contributed by atoms with van der Waals surface area (Å²) in [5.41, 5.74) is 2.62. The number of nitrogens with one attached hydrogen (secondary N) is 1.